The zero-order chi connectivity index (χ0) is 15.0. The van der Waals surface area contributed by atoms with Crippen LogP contribution in [0.4, 0.5) is 0 Å². The number of rotatable bonds is 2. The molecule has 0 spiro atoms. The lowest BCUT2D eigenvalue weighted by molar-refractivity contribution is -0.144. The molecule has 1 atom stereocenters. The van der Waals surface area contributed by atoms with Gasteiger partial charge in [-0.1, -0.05) is 0 Å². The largest absolute Gasteiger partial charge is 0.480 e. The predicted molar refractivity (Wildman–Crippen MR) is 76.4 cm³/mol. The van der Waals surface area contributed by atoms with Crippen molar-refractivity contribution in [1.82, 2.24) is 10.2 Å². The number of carboxylic acids is 1. The Labute approximate surface area is 125 Å². The third kappa shape index (κ3) is 2.53. The van der Waals surface area contributed by atoms with E-state index in [1.54, 1.807) is 11.3 Å². The van der Waals surface area contributed by atoms with Gasteiger partial charge in [0.25, 0.3) is 5.91 Å². The molecule has 2 amide bonds. The summed E-state index contributed by atoms with van der Waals surface area (Å²) in [5.74, 6) is -1.74. The maximum absolute atomic E-state index is 12.7. The lowest BCUT2D eigenvalue weighted by atomic mass is 9.95. The Morgan fingerprint density at radius 3 is 2.86 bits per heavy atom. The molecule has 0 aromatic carbocycles. The Morgan fingerprint density at radius 2 is 2.10 bits per heavy atom. The highest BCUT2D eigenvalue weighted by Crippen LogP contribution is 2.31. The molecule has 6 nitrogen and oxygen atoms in total. The molecule has 2 heterocycles. The summed E-state index contributed by atoms with van der Waals surface area (Å²) < 4.78 is 0. The van der Waals surface area contributed by atoms with Crippen LogP contribution in [0, 0.1) is 0 Å². The van der Waals surface area contributed by atoms with Crippen LogP contribution in [0.15, 0.2) is 5.38 Å². The second-order valence-corrected chi connectivity index (χ2v) is 6.31. The number of piperazine rings is 1. The van der Waals surface area contributed by atoms with Crippen molar-refractivity contribution in [1.29, 1.82) is 0 Å². The molecule has 3 rings (SSSR count). The van der Waals surface area contributed by atoms with Gasteiger partial charge in [0, 0.05) is 16.8 Å². The fourth-order valence-electron chi connectivity index (χ4n) is 2.90. The van der Waals surface area contributed by atoms with Gasteiger partial charge >= 0.3 is 5.97 Å². The summed E-state index contributed by atoms with van der Waals surface area (Å²) in [6.07, 6.45) is 4.02. The molecular formula is C14H16N2O4S. The first-order valence-corrected chi connectivity index (χ1v) is 7.85. The van der Waals surface area contributed by atoms with E-state index in [4.69, 9.17) is 0 Å². The summed E-state index contributed by atoms with van der Waals surface area (Å²) in [5, 5.41) is 13.5. The minimum atomic E-state index is -1.09. The second kappa shape index (κ2) is 5.48. The monoisotopic (exact) mass is 308 g/mol. The van der Waals surface area contributed by atoms with Gasteiger partial charge in [0.15, 0.2) is 0 Å². The van der Waals surface area contributed by atoms with Gasteiger partial charge in [-0.25, -0.2) is 4.79 Å². The number of amides is 2. The summed E-state index contributed by atoms with van der Waals surface area (Å²) >= 11 is 1.56. The van der Waals surface area contributed by atoms with Crippen molar-refractivity contribution in [3.8, 4) is 0 Å². The van der Waals surface area contributed by atoms with Crippen LogP contribution < -0.4 is 5.32 Å². The molecule has 1 saturated heterocycles. The number of nitrogens with zero attached hydrogens (tertiary/aromatic N) is 1. The Balaban J connectivity index is 1.90. The van der Waals surface area contributed by atoms with Crippen LogP contribution in [-0.2, 0) is 22.4 Å². The van der Waals surface area contributed by atoms with E-state index in [-0.39, 0.29) is 24.9 Å². The van der Waals surface area contributed by atoms with Crippen LogP contribution in [0.5, 0.6) is 0 Å². The highest BCUT2D eigenvalue weighted by molar-refractivity contribution is 7.10. The number of hydrogen-bond donors (Lipinski definition) is 2. The molecule has 0 saturated carbocycles. The van der Waals surface area contributed by atoms with Gasteiger partial charge in [0.05, 0.1) is 5.56 Å². The Hall–Kier alpha value is -1.89. The maximum Gasteiger partial charge on any atom is 0.328 e. The molecule has 1 aromatic rings. The number of carbonyl (C=O) groups is 3. The zero-order valence-electron chi connectivity index (χ0n) is 11.4. The third-order valence-corrected chi connectivity index (χ3v) is 5.11. The molecule has 0 bridgehead atoms. The standard InChI is InChI=1S/C14H16N2O4S/c17-12-6-16(10(5-15-12)14(19)20)13(18)9-7-21-11-4-2-1-3-8(9)11/h7,10H,1-6H2,(H,15,17)(H,19,20). The van der Waals surface area contributed by atoms with Crippen molar-refractivity contribution in [3.63, 3.8) is 0 Å². The van der Waals surface area contributed by atoms with Crippen LogP contribution in [-0.4, -0.2) is 46.9 Å². The molecule has 21 heavy (non-hydrogen) atoms. The van der Waals surface area contributed by atoms with Crippen molar-refractivity contribution in [2.45, 2.75) is 31.7 Å². The second-order valence-electron chi connectivity index (χ2n) is 5.35. The van der Waals surface area contributed by atoms with Crippen LogP contribution in [0.1, 0.15) is 33.6 Å². The van der Waals surface area contributed by atoms with Gasteiger partial charge < -0.3 is 15.3 Å². The highest BCUT2D eigenvalue weighted by Gasteiger charge is 2.37. The Morgan fingerprint density at radius 1 is 1.33 bits per heavy atom. The number of aryl methyl sites for hydroxylation is 1. The molecule has 1 aliphatic carbocycles. The smallest absolute Gasteiger partial charge is 0.328 e. The molecule has 7 heteroatoms. The topological polar surface area (TPSA) is 86.7 Å². The SMILES string of the molecule is O=C1CN(C(=O)c2csc3c2CCCC3)C(C(=O)O)CN1. The average Bonchev–Trinajstić information content (AvgIpc) is 2.90. The summed E-state index contributed by atoms with van der Waals surface area (Å²) in [6, 6.07) is -0.991. The van der Waals surface area contributed by atoms with Crippen LogP contribution in [0.25, 0.3) is 0 Å². The first kappa shape index (κ1) is 14.1. The number of carbonyl (C=O) groups excluding carboxylic acids is 2. The molecule has 1 aliphatic heterocycles. The number of fused-ring (bicyclic) bond motifs is 1. The molecule has 0 radical (unpaired) electrons. The average molecular weight is 308 g/mol. The molecule has 2 N–H and O–H groups in total. The van der Waals surface area contributed by atoms with E-state index in [0.29, 0.717) is 5.56 Å². The van der Waals surface area contributed by atoms with Crippen LogP contribution in [0.3, 0.4) is 0 Å². The maximum atomic E-state index is 12.7. The normalized spacial score (nSPS) is 21.6. The van der Waals surface area contributed by atoms with E-state index >= 15 is 0 Å². The Bertz CT molecular complexity index is 610. The van der Waals surface area contributed by atoms with Crippen molar-refractivity contribution < 1.29 is 19.5 Å². The number of hydrogen-bond acceptors (Lipinski definition) is 4. The van der Waals surface area contributed by atoms with Gasteiger partial charge in [-0.05, 0) is 31.2 Å². The van der Waals surface area contributed by atoms with Crippen LogP contribution >= 0.6 is 11.3 Å². The van der Waals surface area contributed by atoms with E-state index in [1.165, 1.54) is 9.78 Å². The van der Waals surface area contributed by atoms with E-state index in [9.17, 15) is 19.5 Å². The van der Waals surface area contributed by atoms with Gasteiger partial charge in [0.2, 0.25) is 5.91 Å². The quantitative estimate of drug-likeness (QED) is 0.840. The molecule has 112 valence electrons. The third-order valence-electron chi connectivity index (χ3n) is 4.02. The molecule has 1 unspecified atom stereocenters. The first-order valence-electron chi connectivity index (χ1n) is 6.97. The predicted octanol–water partition coefficient (Wildman–Crippen LogP) is 0.652. The van der Waals surface area contributed by atoms with E-state index < -0.39 is 12.0 Å². The fraction of sp³-hybridized carbons (Fsp3) is 0.500. The van der Waals surface area contributed by atoms with Gasteiger partial charge in [-0.3, -0.25) is 9.59 Å². The number of thiophene rings is 1. The zero-order valence-corrected chi connectivity index (χ0v) is 12.2. The van der Waals surface area contributed by atoms with Crippen LogP contribution in [0.2, 0.25) is 0 Å². The van der Waals surface area contributed by atoms with Crippen molar-refractivity contribution in [2.75, 3.05) is 13.1 Å². The number of aliphatic carboxylic acids is 1. The van der Waals surface area contributed by atoms with Gasteiger partial charge in [0.1, 0.15) is 12.6 Å². The summed E-state index contributed by atoms with van der Waals surface area (Å²) in [4.78, 5) is 37.9. The fourth-order valence-corrected chi connectivity index (χ4v) is 4.02. The minimum Gasteiger partial charge on any atom is -0.480 e. The van der Waals surface area contributed by atoms with Crippen molar-refractivity contribution in [3.05, 3.63) is 21.4 Å². The number of carboxylic acid groups (broad SMARTS) is 1. The lowest BCUT2D eigenvalue weighted by Gasteiger charge is -2.33. The molecule has 2 aliphatic rings. The lowest BCUT2D eigenvalue weighted by Crippen LogP contribution is -2.59. The summed E-state index contributed by atoms with van der Waals surface area (Å²) in [5.41, 5.74) is 1.63. The molecular weight excluding hydrogens is 292 g/mol. The van der Waals surface area contributed by atoms with Crippen molar-refractivity contribution in [2.24, 2.45) is 0 Å². The summed E-state index contributed by atoms with van der Waals surface area (Å²) in [7, 11) is 0. The molecule has 1 fully saturated rings. The van der Waals surface area contributed by atoms with E-state index in [0.717, 1.165) is 31.2 Å². The first-order chi connectivity index (χ1) is 10.1. The van der Waals surface area contributed by atoms with Gasteiger partial charge in [-0.15, -0.1) is 11.3 Å². The van der Waals surface area contributed by atoms with Crippen molar-refractivity contribution >= 4 is 29.1 Å². The Kier molecular flexibility index (Phi) is 3.67. The minimum absolute atomic E-state index is 0.0355. The summed E-state index contributed by atoms with van der Waals surface area (Å²) in [6.45, 7) is -0.230. The highest BCUT2D eigenvalue weighted by atomic mass is 32.1. The van der Waals surface area contributed by atoms with Gasteiger partial charge in [-0.2, -0.15) is 0 Å². The number of nitrogens with one attached hydrogen (secondary N) is 1. The van der Waals surface area contributed by atoms with E-state index in [1.807, 2.05) is 5.38 Å². The molecule has 1 aromatic heterocycles. The van der Waals surface area contributed by atoms with E-state index in [2.05, 4.69) is 5.32 Å².